The molecule has 0 aromatic heterocycles. The van der Waals surface area contributed by atoms with Crippen molar-refractivity contribution in [1.29, 1.82) is 0 Å². The molecule has 102 valence electrons. The fraction of sp³-hybridized carbons (Fsp3) is 0.429. The zero-order valence-corrected chi connectivity index (χ0v) is 10.8. The van der Waals surface area contributed by atoms with Crippen LogP contribution in [-0.2, 0) is 4.74 Å². The summed E-state index contributed by atoms with van der Waals surface area (Å²) in [6.07, 6.45) is -0.588. The fourth-order valence-corrected chi connectivity index (χ4v) is 2.25. The van der Waals surface area contributed by atoms with E-state index in [9.17, 15) is 9.59 Å². The maximum Gasteiger partial charge on any atom is 0.407 e. The normalized spacial score (nSPS) is 22.9. The number of hydrogen-bond acceptors (Lipinski definition) is 3. The van der Waals surface area contributed by atoms with Crippen LogP contribution in [0.15, 0.2) is 30.3 Å². The van der Waals surface area contributed by atoms with Gasteiger partial charge in [0.05, 0.1) is 5.56 Å². The lowest BCUT2D eigenvalue weighted by Crippen LogP contribution is -2.45. The number of rotatable bonds is 2. The van der Waals surface area contributed by atoms with Crippen molar-refractivity contribution in [1.82, 2.24) is 4.90 Å². The molecule has 1 fully saturated rings. The van der Waals surface area contributed by atoms with E-state index >= 15 is 0 Å². The van der Waals surface area contributed by atoms with Crippen LogP contribution in [0.1, 0.15) is 23.7 Å². The molecule has 1 aromatic carbocycles. The van der Waals surface area contributed by atoms with Gasteiger partial charge >= 0.3 is 12.1 Å². The molecule has 5 heteroatoms. The van der Waals surface area contributed by atoms with Crippen LogP contribution in [0.3, 0.4) is 0 Å². The maximum absolute atomic E-state index is 11.9. The van der Waals surface area contributed by atoms with Crippen LogP contribution in [0.2, 0.25) is 0 Å². The fourth-order valence-electron chi connectivity index (χ4n) is 2.25. The molecule has 1 saturated heterocycles. The van der Waals surface area contributed by atoms with Crippen LogP contribution in [0.4, 0.5) is 4.79 Å². The quantitative estimate of drug-likeness (QED) is 0.831. The molecule has 2 rings (SSSR count). The third-order valence-corrected chi connectivity index (χ3v) is 3.37. The second kappa shape index (κ2) is 5.73. The third-order valence-electron chi connectivity index (χ3n) is 3.37. The Morgan fingerprint density at radius 1 is 1.32 bits per heavy atom. The molecule has 0 aliphatic carbocycles. The lowest BCUT2D eigenvalue weighted by atomic mass is 9.96. The summed E-state index contributed by atoms with van der Waals surface area (Å²) in [6, 6.07) is 8.82. The first-order valence-corrected chi connectivity index (χ1v) is 6.32. The SMILES string of the molecule is C[C@@H]1CN(C(=O)O)CC[C@@H]1OC(=O)c1ccccc1. The van der Waals surface area contributed by atoms with E-state index < -0.39 is 6.09 Å². The number of carbonyl (C=O) groups is 2. The highest BCUT2D eigenvalue weighted by Crippen LogP contribution is 2.21. The number of ether oxygens (including phenoxy) is 1. The van der Waals surface area contributed by atoms with E-state index in [4.69, 9.17) is 9.84 Å². The molecule has 19 heavy (non-hydrogen) atoms. The van der Waals surface area contributed by atoms with Crippen LogP contribution < -0.4 is 0 Å². The van der Waals surface area contributed by atoms with Gasteiger partial charge in [-0.2, -0.15) is 0 Å². The second-order valence-corrected chi connectivity index (χ2v) is 4.80. The Labute approximate surface area is 111 Å². The Bertz CT molecular complexity index is 460. The van der Waals surface area contributed by atoms with Crippen LogP contribution in [-0.4, -0.2) is 41.3 Å². The molecule has 1 aliphatic rings. The number of esters is 1. The number of carbonyl (C=O) groups excluding carboxylic acids is 1. The molecular weight excluding hydrogens is 246 g/mol. The summed E-state index contributed by atoms with van der Waals surface area (Å²) >= 11 is 0. The third kappa shape index (κ3) is 3.24. The van der Waals surface area contributed by atoms with E-state index in [2.05, 4.69) is 0 Å². The van der Waals surface area contributed by atoms with Crippen LogP contribution in [0.25, 0.3) is 0 Å². The van der Waals surface area contributed by atoms with Gasteiger partial charge in [-0.05, 0) is 12.1 Å². The van der Waals surface area contributed by atoms with Crippen molar-refractivity contribution < 1.29 is 19.4 Å². The van der Waals surface area contributed by atoms with Crippen molar-refractivity contribution >= 4 is 12.1 Å². The predicted octanol–water partition coefficient (Wildman–Crippen LogP) is 2.23. The summed E-state index contributed by atoms with van der Waals surface area (Å²) < 4.78 is 5.46. The molecule has 2 atom stereocenters. The summed E-state index contributed by atoms with van der Waals surface area (Å²) in [4.78, 5) is 24.1. The first-order valence-electron chi connectivity index (χ1n) is 6.32. The Morgan fingerprint density at radius 2 is 2.00 bits per heavy atom. The van der Waals surface area contributed by atoms with Gasteiger partial charge in [-0.3, -0.25) is 0 Å². The van der Waals surface area contributed by atoms with Gasteiger partial charge in [0, 0.05) is 25.4 Å². The van der Waals surface area contributed by atoms with Gasteiger partial charge < -0.3 is 14.7 Å². The van der Waals surface area contributed by atoms with Gasteiger partial charge in [0.1, 0.15) is 6.10 Å². The molecule has 5 nitrogen and oxygen atoms in total. The molecular formula is C14H17NO4. The lowest BCUT2D eigenvalue weighted by Gasteiger charge is -2.34. The number of amides is 1. The average Bonchev–Trinajstić information content (AvgIpc) is 2.41. The van der Waals surface area contributed by atoms with Crippen LogP contribution in [0.5, 0.6) is 0 Å². The molecule has 0 spiro atoms. The molecule has 1 heterocycles. The van der Waals surface area contributed by atoms with E-state index in [1.165, 1.54) is 4.90 Å². The van der Waals surface area contributed by atoms with E-state index in [0.717, 1.165) is 0 Å². The summed E-state index contributed by atoms with van der Waals surface area (Å²) in [5, 5.41) is 8.92. The minimum atomic E-state index is -0.917. The standard InChI is InChI=1S/C14H17NO4/c1-10-9-15(14(17)18)8-7-12(10)19-13(16)11-5-3-2-4-6-11/h2-6,10,12H,7-9H2,1H3,(H,17,18)/t10-,12+/m1/s1. The second-order valence-electron chi connectivity index (χ2n) is 4.80. The minimum Gasteiger partial charge on any atom is -0.465 e. The van der Waals surface area contributed by atoms with Gasteiger partial charge in [-0.1, -0.05) is 25.1 Å². The first kappa shape index (κ1) is 13.4. The molecule has 0 unspecified atom stereocenters. The highest BCUT2D eigenvalue weighted by molar-refractivity contribution is 5.89. The number of carboxylic acid groups (broad SMARTS) is 1. The Morgan fingerprint density at radius 3 is 2.58 bits per heavy atom. The summed E-state index contributed by atoms with van der Waals surface area (Å²) in [7, 11) is 0. The van der Waals surface area contributed by atoms with Gasteiger partial charge in [-0.15, -0.1) is 0 Å². The van der Waals surface area contributed by atoms with Crippen molar-refractivity contribution in [3.63, 3.8) is 0 Å². The number of benzene rings is 1. The topological polar surface area (TPSA) is 66.8 Å². The van der Waals surface area contributed by atoms with Crippen LogP contribution >= 0.6 is 0 Å². The smallest absolute Gasteiger partial charge is 0.407 e. The number of piperidine rings is 1. The zero-order valence-electron chi connectivity index (χ0n) is 10.8. The molecule has 0 radical (unpaired) electrons. The number of nitrogens with zero attached hydrogens (tertiary/aromatic N) is 1. The summed E-state index contributed by atoms with van der Waals surface area (Å²) in [6.45, 7) is 2.71. The van der Waals surface area contributed by atoms with Crippen molar-refractivity contribution in [2.75, 3.05) is 13.1 Å². The Hall–Kier alpha value is -2.04. The molecule has 1 aliphatic heterocycles. The van der Waals surface area contributed by atoms with Gasteiger partial charge in [0.2, 0.25) is 0 Å². The monoisotopic (exact) mass is 263 g/mol. The number of hydrogen-bond donors (Lipinski definition) is 1. The predicted molar refractivity (Wildman–Crippen MR) is 69.0 cm³/mol. The van der Waals surface area contributed by atoms with E-state index in [0.29, 0.717) is 25.1 Å². The van der Waals surface area contributed by atoms with Crippen LogP contribution in [0, 0.1) is 5.92 Å². The van der Waals surface area contributed by atoms with Crippen molar-refractivity contribution in [2.45, 2.75) is 19.4 Å². The molecule has 1 aromatic rings. The van der Waals surface area contributed by atoms with Gasteiger partial charge in [0.15, 0.2) is 0 Å². The van der Waals surface area contributed by atoms with E-state index in [-0.39, 0.29) is 18.0 Å². The first-order chi connectivity index (χ1) is 9.08. The van der Waals surface area contributed by atoms with E-state index in [1.807, 2.05) is 13.0 Å². The van der Waals surface area contributed by atoms with Gasteiger partial charge in [-0.25, -0.2) is 9.59 Å². The highest BCUT2D eigenvalue weighted by atomic mass is 16.5. The van der Waals surface area contributed by atoms with Crippen molar-refractivity contribution in [2.24, 2.45) is 5.92 Å². The lowest BCUT2D eigenvalue weighted by molar-refractivity contribution is -0.00759. The average molecular weight is 263 g/mol. The molecule has 0 bridgehead atoms. The molecule has 1 N–H and O–H groups in total. The van der Waals surface area contributed by atoms with E-state index in [1.54, 1.807) is 24.3 Å². The minimum absolute atomic E-state index is 0.0116. The zero-order chi connectivity index (χ0) is 13.8. The highest BCUT2D eigenvalue weighted by Gasteiger charge is 2.31. The Balaban J connectivity index is 1.94. The molecule has 1 amide bonds. The summed E-state index contributed by atoms with van der Waals surface area (Å²) in [5.41, 5.74) is 0.523. The maximum atomic E-state index is 11.9. The number of likely N-dealkylation sites (tertiary alicyclic amines) is 1. The van der Waals surface area contributed by atoms with Gasteiger partial charge in [0.25, 0.3) is 0 Å². The van der Waals surface area contributed by atoms with Crippen molar-refractivity contribution in [3.05, 3.63) is 35.9 Å². The van der Waals surface area contributed by atoms with Crippen molar-refractivity contribution in [3.8, 4) is 0 Å². The Kier molecular flexibility index (Phi) is 4.04. The molecule has 0 saturated carbocycles. The summed E-state index contributed by atoms with van der Waals surface area (Å²) in [5.74, 6) is -0.335. The largest absolute Gasteiger partial charge is 0.465 e.